The SMILES string of the molecule is CN1CCN(CCC(F)F)CC1. The molecule has 0 spiro atoms. The number of piperazine rings is 1. The molecule has 0 bridgehead atoms. The molecule has 4 heteroatoms. The van der Waals surface area contributed by atoms with Crippen LogP contribution < -0.4 is 0 Å². The van der Waals surface area contributed by atoms with E-state index in [1.165, 1.54) is 0 Å². The van der Waals surface area contributed by atoms with Gasteiger partial charge in [0.25, 0.3) is 0 Å². The highest BCUT2D eigenvalue weighted by Crippen LogP contribution is 2.04. The van der Waals surface area contributed by atoms with Crippen molar-refractivity contribution in [1.82, 2.24) is 9.80 Å². The van der Waals surface area contributed by atoms with Gasteiger partial charge in [-0.15, -0.1) is 0 Å². The van der Waals surface area contributed by atoms with Crippen LogP contribution in [0.15, 0.2) is 0 Å². The summed E-state index contributed by atoms with van der Waals surface area (Å²) in [5.74, 6) is 0. The van der Waals surface area contributed by atoms with Gasteiger partial charge in [0.2, 0.25) is 6.43 Å². The number of hydrogen-bond acceptors (Lipinski definition) is 2. The lowest BCUT2D eigenvalue weighted by atomic mass is 10.3. The minimum atomic E-state index is -2.15. The third-order valence-corrected chi connectivity index (χ3v) is 2.26. The van der Waals surface area contributed by atoms with Crippen LogP contribution in [0.5, 0.6) is 0 Å². The van der Waals surface area contributed by atoms with Gasteiger partial charge in [-0.2, -0.15) is 0 Å². The van der Waals surface area contributed by atoms with Crippen LogP contribution >= 0.6 is 0 Å². The fraction of sp³-hybridized carbons (Fsp3) is 1.00. The molecule has 0 radical (unpaired) electrons. The van der Waals surface area contributed by atoms with E-state index in [9.17, 15) is 8.78 Å². The highest BCUT2D eigenvalue weighted by Gasteiger charge is 2.14. The summed E-state index contributed by atoms with van der Waals surface area (Å²) >= 11 is 0. The Morgan fingerprint density at radius 1 is 1.17 bits per heavy atom. The van der Waals surface area contributed by atoms with Crippen molar-refractivity contribution in [3.8, 4) is 0 Å². The summed E-state index contributed by atoms with van der Waals surface area (Å²) in [7, 11) is 2.06. The predicted molar refractivity (Wildman–Crippen MR) is 44.6 cm³/mol. The molecule has 2 nitrogen and oxygen atoms in total. The largest absolute Gasteiger partial charge is 0.304 e. The van der Waals surface area contributed by atoms with Crippen LogP contribution in [-0.4, -0.2) is 56.0 Å². The van der Waals surface area contributed by atoms with E-state index in [1.807, 2.05) is 0 Å². The van der Waals surface area contributed by atoms with E-state index < -0.39 is 6.43 Å². The number of nitrogens with zero attached hydrogens (tertiary/aromatic N) is 2. The normalized spacial score (nSPS) is 22.0. The Bertz CT molecular complexity index is 122. The quantitative estimate of drug-likeness (QED) is 0.633. The Hall–Kier alpha value is -0.220. The number of likely N-dealkylation sites (N-methyl/N-ethyl adjacent to an activating group) is 1. The lowest BCUT2D eigenvalue weighted by molar-refractivity contribution is 0.0959. The van der Waals surface area contributed by atoms with Crippen molar-refractivity contribution in [2.45, 2.75) is 12.8 Å². The molecule has 1 fully saturated rings. The van der Waals surface area contributed by atoms with Crippen molar-refractivity contribution in [3.63, 3.8) is 0 Å². The molecule has 0 amide bonds. The molecular formula is C8H16F2N2. The fourth-order valence-corrected chi connectivity index (χ4v) is 1.35. The van der Waals surface area contributed by atoms with Crippen molar-refractivity contribution in [2.24, 2.45) is 0 Å². The van der Waals surface area contributed by atoms with Gasteiger partial charge in [0.1, 0.15) is 0 Å². The Labute approximate surface area is 72.1 Å². The third-order valence-electron chi connectivity index (χ3n) is 2.26. The molecule has 0 unspecified atom stereocenters. The average molecular weight is 178 g/mol. The number of alkyl halides is 2. The van der Waals surface area contributed by atoms with E-state index in [0.717, 1.165) is 26.2 Å². The maximum atomic E-state index is 11.8. The first-order chi connectivity index (χ1) is 5.68. The predicted octanol–water partition coefficient (Wildman–Crippen LogP) is 0.889. The second kappa shape index (κ2) is 4.72. The lowest BCUT2D eigenvalue weighted by Crippen LogP contribution is -2.44. The molecule has 0 saturated carbocycles. The minimum Gasteiger partial charge on any atom is -0.304 e. The average Bonchev–Trinajstić information content (AvgIpc) is 2.03. The second-order valence-electron chi connectivity index (χ2n) is 3.32. The highest BCUT2D eigenvalue weighted by molar-refractivity contribution is 4.68. The molecule has 0 aromatic carbocycles. The van der Waals surface area contributed by atoms with Crippen LogP contribution in [0.4, 0.5) is 8.78 Å². The molecule has 0 aliphatic carbocycles. The third kappa shape index (κ3) is 3.45. The van der Waals surface area contributed by atoms with E-state index in [2.05, 4.69) is 16.8 Å². The minimum absolute atomic E-state index is 0.0176. The van der Waals surface area contributed by atoms with Crippen molar-refractivity contribution < 1.29 is 8.78 Å². The molecule has 0 atom stereocenters. The molecule has 0 aromatic rings. The van der Waals surface area contributed by atoms with Crippen LogP contribution in [-0.2, 0) is 0 Å². The monoisotopic (exact) mass is 178 g/mol. The molecule has 1 aliphatic heterocycles. The van der Waals surface area contributed by atoms with Crippen LogP contribution in [0.3, 0.4) is 0 Å². The van der Waals surface area contributed by atoms with E-state index in [1.54, 1.807) is 0 Å². The van der Waals surface area contributed by atoms with Crippen LogP contribution in [0, 0.1) is 0 Å². The molecule has 0 N–H and O–H groups in total. The second-order valence-corrected chi connectivity index (χ2v) is 3.32. The highest BCUT2D eigenvalue weighted by atomic mass is 19.3. The first-order valence-electron chi connectivity index (χ1n) is 4.37. The van der Waals surface area contributed by atoms with Gasteiger partial charge in [0.05, 0.1) is 0 Å². The standard InChI is InChI=1S/C8H16F2N2/c1-11-4-6-12(7-5-11)3-2-8(9)10/h8H,2-7H2,1H3. The van der Waals surface area contributed by atoms with Crippen LogP contribution in [0.25, 0.3) is 0 Å². The first-order valence-corrected chi connectivity index (χ1v) is 4.37. The van der Waals surface area contributed by atoms with Gasteiger partial charge in [-0.05, 0) is 7.05 Å². The lowest BCUT2D eigenvalue weighted by Gasteiger charge is -2.32. The van der Waals surface area contributed by atoms with Crippen molar-refractivity contribution in [3.05, 3.63) is 0 Å². The van der Waals surface area contributed by atoms with Gasteiger partial charge in [0.15, 0.2) is 0 Å². The van der Waals surface area contributed by atoms with Crippen LogP contribution in [0.2, 0.25) is 0 Å². The summed E-state index contributed by atoms with van der Waals surface area (Å²) < 4.78 is 23.7. The molecule has 1 saturated heterocycles. The van der Waals surface area contributed by atoms with E-state index in [4.69, 9.17) is 0 Å². The molecule has 1 rings (SSSR count). The Morgan fingerprint density at radius 2 is 1.75 bits per heavy atom. The van der Waals surface area contributed by atoms with Crippen LogP contribution in [0.1, 0.15) is 6.42 Å². The fourth-order valence-electron chi connectivity index (χ4n) is 1.35. The number of halogens is 2. The van der Waals surface area contributed by atoms with Gasteiger partial charge in [-0.1, -0.05) is 0 Å². The summed E-state index contributed by atoms with van der Waals surface area (Å²) in [5, 5.41) is 0. The van der Waals surface area contributed by atoms with Gasteiger partial charge in [-0.25, -0.2) is 8.78 Å². The maximum Gasteiger partial charge on any atom is 0.239 e. The van der Waals surface area contributed by atoms with Crippen molar-refractivity contribution in [1.29, 1.82) is 0 Å². The van der Waals surface area contributed by atoms with Crippen molar-refractivity contribution >= 4 is 0 Å². The molecule has 0 aromatic heterocycles. The van der Waals surface area contributed by atoms with E-state index in [-0.39, 0.29) is 6.42 Å². The summed E-state index contributed by atoms with van der Waals surface area (Å²) in [4.78, 5) is 4.32. The smallest absolute Gasteiger partial charge is 0.239 e. The molecule has 1 aliphatic rings. The Kier molecular flexibility index (Phi) is 3.88. The molecule has 12 heavy (non-hydrogen) atoms. The maximum absolute atomic E-state index is 11.8. The Balaban J connectivity index is 2.09. The summed E-state index contributed by atoms with van der Waals surface area (Å²) in [6, 6.07) is 0. The number of rotatable bonds is 3. The topological polar surface area (TPSA) is 6.48 Å². The molecular weight excluding hydrogens is 162 g/mol. The van der Waals surface area contributed by atoms with Gasteiger partial charge < -0.3 is 9.80 Å². The van der Waals surface area contributed by atoms with E-state index >= 15 is 0 Å². The summed E-state index contributed by atoms with van der Waals surface area (Å²) in [6.45, 7) is 4.42. The zero-order valence-electron chi connectivity index (χ0n) is 7.47. The first kappa shape index (κ1) is 9.86. The molecule has 72 valence electrons. The van der Waals surface area contributed by atoms with Gasteiger partial charge >= 0.3 is 0 Å². The number of hydrogen-bond donors (Lipinski definition) is 0. The van der Waals surface area contributed by atoms with Gasteiger partial charge in [0, 0.05) is 39.1 Å². The van der Waals surface area contributed by atoms with E-state index in [0.29, 0.717) is 6.54 Å². The Morgan fingerprint density at radius 3 is 2.25 bits per heavy atom. The zero-order chi connectivity index (χ0) is 8.97. The zero-order valence-corrected chi connectivity index (χ0v) is 7.47. The van der Waals surface area contributed by atoms with Crippen molar-refractivity contribution in [2.75, 3.05) is 39.8 Å². The van der Waals surface area contributed by atoms with Gasteiger partial charge in [-0.3, -0.25) is 0 Å². The summed E-state index contributed by atoms with van der Waals surface area (Å²) in [6.07, 6.45) is -2.13. The summed E-state index contributed by atoms with van der Waals surface area (Å²) in [5.41, 5.74) is 0. The molecule has 1 heterocycles.